The number of anilines is 2. The predicted octanol–water partition coefficient (Wildman–Crippen LogP) is 3.44. The molecule has 2 N–H and O–H groups in total. The summed E-state index contributed by atoms with van der Waals surface area (Å²) in [5.41, 5.74) is 7.51. The number of rotatable bonds is 2. The molecule has 5 heteroatoms. The molecule has 21 heavy (non-hydrogen) atoms. The van der Waals surface area contributed by atoms with Gasteiger partial charge in [0.2, 0.25) is 0 Å². The van der Waals surface area contributed by atoms with Gasteiger partial charge in [0.25, 0.3) is 5.91 Å². The average molecular weight is 290 g/mol. The molecule has 2 rings (SSSR count). The molecule has 0 aliphatic heterocycles. The van der Waals surface area contributed by atoms with Crippen LogP contribution in [0, 0.1) is 25.5 Å². The molecule has 0 fully saturated rings. The summed E-state index contributed by atoms with van der Waals surface area (Å²) in [4.78, 5) is 13.7. The van der Waals surface area contributed by atoms with Crippen LogP contribution in [0.4, 0.5) is 20.2 Å². The Labute approximate surface area is 122 Å². The van der Waals surface area contributed by atoms with Gasteiger partial charge in [-0.05, 0) is 43.2 Å². The Morgan fingerprint density at radius 2 is 1.57 bits per heavy atom. The zero-order valence-corrected chi connectivity index (χ0v) is 12.1. The lowest BCUT2D eigenvalue weighted by molar-refractivity contribution is 0.0989. The first kappa shape index (κ1) is 15.0. The third-order valence-electron chi connectivity index (χ3n) is 3.22. The van der Waals surface area contributed by atoms with E-state index in [1.165, 1.54) is 11.9 Å². The molecule has 2 aromatic carbocycles. The van der Waals surface area contributed by atoms with Crippen LogP contribution in [0.2, 0.25) is 0 Å². The molecule has 0 aliphatic rings. The molecule has 3 nitrogen and oxygen atoms in total. The lowest BCUT2D eigenvalue weighted by Crippen LogP contribution is -2.27. The van der Waals surface area contributed by atoms with E-state index in [9.17, 15) is 13.6 Å². The molecule has 0 bridgehead atoms. The highest BCUT2D eigenvalue weighted by Gasteiger charge is 2.20. The maximum atomic E-state index is 13.8. The fourth-order valence-corrected chi connectivity index (χ4v) is 2.17. The minimum Gasteiger partial charge on any atom is -0.396 e. The van der Waals surface area contributed by atoms with E-state index in [1.807, 2.05) is 32.0 Å². The molecule has 0 aliphatic carbocycles. The Hall–Kier alpha value is -2.43. The number of hydrogen-bond acceptors (Lipinski definition) is 2. The number of benzene rings is 2. The maximum Gasteiger partial charge on any atom is 0.261 e. The molecule has 2 aromatic rings. The fraction of sp³-hybridized carbons (Fsp3) is 0.188. The van der Waals surface area contributed by atoms with Crippen molar-refractivity contribution in [3.05, 3.63) is 58.7 Å². The SMILES string of the molecule is Cc1cc(C)cc(N(C)C(=O)c2cc(N)c(F)cc2F)c1. The molecular formula is C16H16F2N2O. The normalized spacial score (nSPS) is 10.5. The first-order valence-corrected chi connectivity index (χ1v) is 6.40. The van der Waals surface area contributed by atoms with Crippen LogP contribution in [-0.2, 0) is 0 Å². The van der Waals surface area contributed by atoms with E-state index in [4.69, 9.17) is 5.73 Å². The summed E-state index contributed by atoms with van der Waals surface area (Å²) in [6, 6.07) is 7.24. The van der Waals surface area contributed by atoms with Crippen molar-refractivity contribution in [2.45, 2.75) is 13.8 Å². The number of aryl methyl sites for hydroxylation is 2. The second-order valence-corrected chi connectivity index (χ2v) is 5.06. The van der Waals surface area contributed by atoms with Gasteiger partial charge < -0.3 is 10.6 Å². The second-order valence-electron chi connectivity index (χ2n) is 5.06. The van der Waals surface area contributed by atoms with Gasteiger partial charge in [-0.25, -0.2) is 8.78 Å². The van der Waals surface area contributed by atoms with E-state index in [2.05, 4.69) is 0 Å². The van der Waals surface area contributed by atoms with Crippen LogP contribution in [0.25, 0.3) is 0 Å². The van der Waals surface area contributed by atoms with Gasteiger partial charge in [-0.2, -0.15) is 0 Å². The zero-order valence-electron chi connectivity index (χ0n) is 12.1. The number of nitrogen functional groups attached to an aromatic ring is 1. The van der Waals surface area contributed by atoms with Crippen molar-refractivity contribution < 1.29 is 13.6 Å². The van der Waals surface area contributed by atoms with Crippen molar-refractivity contribution in [1.29, 1.82) is 0 Å². The maximum absolute atomic E-state index is 13.8. The highest BCUT2D eigenvalue weighted by Crippen LogP contribution is 2.22. The summed E-state index contributed by atoms with van der Waals surface area (Å²) >= 11 is 0. The molecule has 0 radical (unpaired) electrons. The van der Waals surface area contributed by atoms with Gasteiger partial charge in [0, 0.05) is 18.8 Å². The zero-order chi connectivity index (χ0) is 15.7. The fourth-order valence-electron chi connectivity index (χ4n) is 2.17. The Morgan fingerprint density at radius 3 is 2.14 bits per heavy atom. The minimum atomic E-state index is -0.928. The number of carbonyl (C=O) groups excluding carboxylic acids is 1. The predicted molar refractivity (Wildman–Crippen MR) is 79.4 cm³/mol. The lowest BCUT2D eigenvalue weighted by atomic mass is 10.1. The van der Waals surface area contributed by atoms with E-state index in [0.29, 0.717) is 11.8 Å². The summed E-state index contributed by atoms with van der Waals surface area (Å²) in [6.07, 6.45) is 0. The number of nitrogens with two attached hydrogens (primary N) is 1. The summed E-state index contributed by atoms with van der Waals surface area (Å²) < 4.78 is 26.9. The van der Waals surface area contributed by atoms with Gasteiger partial charge in [0.1, 0.15) is 11.6 Å². The van der Waals surface area contributed by atoms with Crippen molar-refractivity contribution >= 4 is 17.3 Å². The number of nitrogens with zero attached hydrogens (tertiary/aromatic N) is 1. The van der Waals surface area contributed by atoms with Crippen molar-refractivity contribution in [1.82, 2.24) is 0 Å². The van der Waals surface area contributed by atoms with Crippen LogP contribution in [0.3, 0.4) is 0 Å². The number of carbonyl (C=O) groups is 1. The monoisotopic (exact) mass is 290 g/mol. The van der Waals surface area contributed by atoms with Crippen LogP contribution in [0.5, 0.6) is 0 Å². The molecule has 1 amide bonds. The average Bonchev–Trinajstić information content (AvgIpc) is 2.40. The minimum absolute atomic E-state index is 0.254. The first-order valence-electron chi connectivity index (χ1n) is 6.40. The van der Waals surface area contributed by atoms with Gasteiger partial charge in [-0.1, -0.05) is 6.07 Å². The van der Waals surface area contributed by atoms with Crippen LogP contribution >= 0.6 is 0 Å². The standard InChI is InChI=1S/C16H16F2N2O/c1-9-4-10(2)6-11(5-9)20(3)16(21)12-7-15(19)14(18)8-13(12)17/h4-8H,19H2,1-3H3. The van der Waals surface area contributed by atoms with Crippen LogP contribution in [-0.4, -0.2) is 13.0 Å². The molecule has 0 unspecified atom stereocenters. The Balaban J connectivity index is 2.42. The number of halogens is 2. The third-order valence-corrected chi connectivity index (χ3v) is 3.22. The molecule has 0 atom stereocenters. The van der Waals surface area contributed by atoms with Crippen LogP contribution < -0.4 is 10.6 Å². The highest BCUT2D eigenvalue weighted by atomic mass is 19.1. The smallest absolute Gasteiger partial charge is 0.261 e. The molecule has 110 valence electrons. The van der Waals surface area contributed by atoms with Crippen molar-refractivity contribution in [2.24, 2.45) is 0 Å². The van der Waals surface area contributed by atoms with Crippen molar-refractivity contribution in [3.63, 3.8) is 0 Å². The molecule has 0 saturated heterocycles. The van der Waals surface area contributed by atoms with E-state index in [-0.39, 0.29) is 11.3 Å². The number of amides is 1. The summed E-state index contributed by atoms with van der Waals surface area (Å²) in [5.74, 6) is -2.38. The van der Waals surface area contributed by atoms with E-state index >= 15 is 0 Å². The first-order chi connectivity index (χ1) is 9.79. The third kappa shape index (κ3) is 3.02. The lowest BCUT2D eigenvalue weighted by Gasteiger charge is -2.19. The summed E-state index contributed by atoms with van der Waals surface area (Å²) in [7, 11) is 1.54. The molecule has 0 saturated carbocycles. The quantitative estimate of drug-likeness (QED) is 0.861. The van der Waals surface area contributed by atoms with Gasteiger partial charge in [0.05, 0.1) is 11.3 Å². The second kappa shape index (κ2) is 5.52. The van der Waals surface area contributed by atoms with E-state index in [1.54, 1.807) is 0 Å². The molecule has 0 heterocycles. The number of hydrogen-bond donors (Lipinski definition) is 1. The van der Waals surface area contributed by atoms with Crippen molar-refractivity contribution in [2.75, 3.05) is 17.7 Å². The van der Waals surface area contributed by atoms with Crippen LogP contribution in [0.15, 0.2) is 30.3 Å². The highest BCUT2D eigenvalue weighted by molar-refractivity contribution is 6.06. The molecule has 0 spiro atoms. The summed E-state index contributed by atoms with van der Waals surface area (Å²) in [6.45, 7) is 3.82. The van der Waals surface area contributed by atoms with Crippen molar-refractivity contribution in [3.8, 4) is 0 Å². The Morgan fingerprint density at radius 1 is 1.00 bits per heavy atom. The van der Waals surface area contributed by atoms with Crippen LogP contribution in [0.1, 0.15) is 21.5 Å². The van der Waals surface area contributed by atoms with Gasteiger partial charge in [0.15, 0.2) is 0 Å². The van der Waals surface area contributed by atoms with Gasteiger partial charge >= 0.3 is 0 Å². The largest absolute Gasteiger partial charge is 0.396 e. The van der Waals surface area contributed by atoms with Gasteiger partial charge in [-0.15, -0.1) is 0 Å². The Bertz CT molecular complexity index is 693. The topological polar surface area (TPSA) is 46.3 Å². The molecular weight excluding hydrogens is 274 g/mol. The summed E-state index contributed by atoms with van der Waals surface area (Å²) in [5, 5.41) is 0. The molecule has 0 aromatic heterocycles. The van der Waals surface area contributed by atoms with Gasteiger partial charge in [-0.3, -0.25) is 4.79 Å². The van der Waals surface area contributed by atoms with E-state index in [0.717, 1.165) is 17.2 Å². The Kier molecular flexibility index (Phi) is 3.93. The van der Waals surface area contributed by atoms with E-state index < -0.39 is 17.5 Å².